The molecule has 0 fully saturated rings. The van der Waals surface area contributed by atoms with Gasteiger partial charge in [-0.2, -0.15) is 18.2 Å². The first-order chi connectivity index (χ1) is 12.8. The number of hydrogen-bond donors (Lipinski definition) is 1. The van der Waals surface area contributed by atoms with Crippen LogP contribution in [-0.4, -0.2) is 35.4 Å². The van der Waals surface area contributed by atoms with Crippen molar-refractivity contribution in [2.75, 3.05) is 13.2 Å². The molecule has 144 valence electrons. The maximum absolute atomic E-state index is 12.5. The third-order valence-corrected chi connectivity index (χ3v) is 3.20. The molecule has 7 nitrogen and oxygen atoms in total. The second kappa shape index (κ2) is 9.38. The molecule has 0 aliphatic heterocycles. The molecule has 0 aliphatic carbocycles. The fraction of sp³-hybridized carbons (Fsp3) is 0.200. The van der Waals surface area contributed by atoms with Crippen molar-refractivity contribution < 1.29 is 27.3 Å². The summed E-state index contributed by atoms with van der Waals surface area (Å²) in [6, 6.07) is 5.63. The van der Waals surface area contributed by atoms with Crippen LogP contribution in [0.4, 0.5) is 13.2 Å². The van der Waals surface area contributed by atoms with E-state index in [2.05, 4.69) is 25.1 Å². The van der Waals surface area contributed by atoms with Crippen LogP contribution in [0.1, 0.15) is 16.2 Å². The Kier molecular flexibility index (Phi) is 7.19. The first-order valence-corrected chi connectivity index (χ1v) is 7.97. The molecule has 0 bridgehead atoms. The monoisotopic (exact) mass is 422 g/mol. The minimum atomic E-state index is -4.72. The summed E-state index contributed by atoms with van der Waals surface area (Å²) in [7, 11) is 0. The highest BCUT2D eigenvalue weighted by Gasteiger charge is 2.38. The maximum Gasteiger partial charge on any atom is 0.471 e. The summed E-state index contributed by atoms with van der Waals surface area (Å²) in [5.41, 5.74) is 0.552. The molecule has 1 N–H and O–H groups in total. The molecule has 1 amide bonds. The van der Waals surface area contributed by atoms with E-state index < -0.39 is 18.0 Å². The molecule has 12 heteroatoms. The van der Waals surface area contributed by atoms with Crippen LogP contribution < -0.4 is 5.32 Å². The lowest BCUT2D eigenvalue weighted by atomic mass is 10.1. The van der Waals surface area contributed by atoms with Gasteiger partial charge < -0.3 is 14.7 Å². The van der Waals surface area contributed by atoms with E-state index in [-0.39, 0.29) is 34.6 Å². The number of benzene rings is 1. The second-order valence-corrected chi connectivity index (χ2v) is 5.79. The van der Waals surface area contributed by atoms with E-state index in [1.54, 1.807) is 0 Å². The quantitative estimate of drug-likeness (QED) is 0.416. The van der Waals surface area contributed by atoms with Gasteiger partial charge in [-0.3, -0.25) is 4.79 Å². The van der Waals surface area contributed by atoms with Gasteiger partial charge in [0.2, 0.25) is 5.82 Å². The number of halogens is 5. The molecule has 0 saturated heterocycles. The lowest BCUT2D eigenvalue weighted by Crippen LogP contribution is -2.25. The van der Waals surface area contributed by atoms with Crippen LogP contribution in [0, 0.1) is 0 Å². The third-order valence-electron chi connectivity index (χ3n) is 2.89. The van der Waals surface area contributed by atoms with Crippen molar-refractivity contribution in [1.82, 2.24) is 15.5 Å². The Morgan fingerprint density at radius 1 is 1.30 bits per heavy atom. The predicted octanol–water partition coefficient (Wildman–Crippen LogP) is 3.81. The predicted molar refractivity (Wildman–Crippen MR) is 91.3 cm³/mol. The third kappa shape index (κ3) is 6.57. The van der Waals surface area contributed by atoms with Crippen LogP contribution in [0.15, 0.2) is 44.5 Å². The molecule has 0 radical (unpaired) electrons. The van der Waals surface area contributed by atoms with Crippen molar-refractivity contribution in [1.29, 1.82) is 0 Å². The van der Waals surface area contributed by atoms with Crippen LogP contribution >= 0.6 is 23.2 Å². The van der Waals surface area contributed by atoms with E-state index in [0.29, 0.717) is 0 Å². The largest absolute Gasteiger partial charge is 0.471 e. The van der Waals surface area contributed by atoms with E-state index in [1.165, 1.54) is 36.6 Å². The molecule has 1 aromatic heterocycles. The SMILES string of the molecule is O=C(NCC=NOCC=C(Cl)Cl)c1ccc(-c2noc(C(F)(F)F)n2)cc1. The van der Waals surface area contributed by atoms with E-state index in [9.17, 15) is 18.0 Å². The van der Waals surface area contributed by atoms with Crippen LogP contribution in [0.5, 0.6) is 0 Å². The molecule has 0 aliphatic rings. The van der Waals surface area contributed by atoms with Crippen molar-refractivity contribution in [3.63, 3.8) is 0 Å². The van der Waals surface area contributed by atoms with Crippen molar-refractivity contribution in [3.05, 3.63) is 46.3 Å². The fourth-order valence-electron chi connectivity index (χ4n) is 1.70. The van der Waals surface area contributed by atoms with Gasteiger partial charge in [0.1, 0.15) is 11.1 Å². The Morgan fingerprint density at radius 2 is 2.00 bits per heavy atom. The Balaban J connectivity index is 1.87. The van der Waals surface area contributed by atoms with Crippen LogP contribution in [0.25, 0.3) is 11.4 Å². The van der Waals surface area contributed by atoms with Gasteiger partial charge in [0, 0.05) is 11.1 Å². The lowest BCUT2D eigenvalue weighted by molar-refractivity contribution is -0.159. The Hall–Kier alpha value is -2.59. The number of oxime groups is 1. The summed E-state index contributed by atoms with van der Waals surface area (Å²) in [5, 5.41) is 9.38. The van der Waals surface area contributed by atoms with E-state index >= 15 is 0 Å². The lowest BCUT2D eigenvalue weighted by Gasteiger charge is -2.02. The standard InChI is InChI=1S/C15H11Cl2F3N4O3/c16-11(17)5-8-26-22-7-6-21-13(25)10-3-1-9(2-4-10)12-23-14(27-24-12)15(18,19)20/h1-5,7H,6,8H2,(H,21,25). The molecule has 1 heterocycles. The molecule has 2 rings (SSSR count). The van der Waals surface area contributed by atoms with Crippen LogP contribution in [0.2, 0.25) is 0 Å². The normalized spacial score (nSPS) is 11.4. The molecule has 2 aromatic rings. The Labute approximate surface area is 160 Å². The molecular formula is C15H11Cl2F3N4O3. The summed E-state index contributed by atoms with van der Waals surface area (Å²) < 4.78 is 41.6. The highest BCUT2D eigenvalue weighted by atomic mass is 35.5. The number of rotatable bonds is 7. The molecule has 1 aromatic carbocycles. The highest BCUT2D eigenvalue weighted by Crippen LogP contribution is 2.29. The maximum atomic E-state index is 12.5. The Morgan fingerprint density at radius 3 is 2.59 bits per heavy atom. The molecule has 0 spiro atoms. The van der Waals surface area contributed by atoms with Gasteiger partial charge in [-0.05, 0) is 18.2 Å². The van der Waals surface area contributed by atoms with Gasteiger partial charge >= 0.3 is 12.1 Å². The molecule has 0 saturated carbocycles. The average molecular weight is 423 g/mol. The van der Waals surface area contributed by atoms with Crippen molar-refractivity contribution >= 4 is 35.3 Å². The topological polar surface area (TPSA) is 89.6 Å². The summed E-state index contributed by atoms with van der Waals surface area (Å²) >= 11 is 10.7. The highest BCUT2D eigenvalue weighted by molar-refractivity contribution is 6.55. The number of nitrogens with zero attached hydrogens (tertiary/aromatic N) is 3. The first kappa shape index (κ1) is 20.7. The minimum Gasteiger partial charge on any atom is -0.392 e. The summed E-state index contributed by atoms with van der Waals surface area (Å²) in [4.78, 5) is 20.0. The van der Waals surface area contributed by atoms with Crippen molar-refractivity contribution in [2.24, 2.45) is 5.16 Å². The number of alkyl halides is 3. The van der Waals surface area contributed by atoms with Gasteiger partial charge in [-0.25, -0.2) is 0 Å². The molecule has 0 atom stereocenters. The van der Waals surface area contributed by atoms with E-state index in [1.807, 2.05) is 0 Å². The molecule has 0 unspecified atom stereocenters. The van der Waals surface area contributed by atoms with Gasteiger partial charge in [0.05, 0.1) is 12.8 Å². The van der Waals surface area contributed by atoms with Gasteiger partial charge in [-0.1, -0.05) is 45.6 Å². The zero-order valence-electron chi connectivity index (χ0n) is 13.3. The second-order valence-electron chi connectivity index (χ2n) is 4.79. The van der Waals surface area contributed by atoms with Gasteiger partial charge in [0.25, 0.3) is 5.91 Å². The van der Waals surface area contributed by atoms with Crippen molar-refractivity contribution in [3.8, 4) is 11.4 Å². The van der Waals surface area contributed by atoms with E-state index in [4.69, 9.17) is 28.0 Å². The number of carbonyl (C=O) groups excluding carboxylic acids is 1. The number of amides is 1. The van der Waals surface area contributed by atoms with Gasteiger partial charge in [0.15, 0.2) is 0 Å². The van der Waals surface area contributed by atoms with E-state index in [0.717, 1.165) is 0 Å². The summed E-state index contributed by atoms with van der Waals surface area (Å²) in [6.07, 6.45) is -2.01. The molecular weight excluding hydrogens is 412 g/mol. The van der Waals surface area contributed by atoms with Crippen LogP contribution in [0.3, 0.4) is 0 Å². The number of aromatic nitrogens is 2. The zero-order chi connectivity index (χ0) is 19.9. The summed E-state index contributed by atoms with van der Waals surface area (Å²) in [6.45, 7) is 0.180. The molecule has 27 heavy (non-hydrogen) atoms. The average Bonchev–Trinajstić information content (AvgIpc) is 3.11. The van der Waals surface area contributed by atoms with Gasteiger partial charge in [-0.15, -0.1) is 0 Å². The summed E-state index contributed by atoms with van der Waals surface area (Å²) in [5.74, 6) is -2.09. The smallest absolute Gasteiger partial charge is 0.392 e. The first-order valence-electron chi connectivity index (χ1n) is 7.22. The zero-order valence-corrected chi connectivity index (χ0v) is 14.8. The van der Waals surface area contributed by atoms with Crippen LogP contribution in [-0.2, 0) is 11.0 Å². The fourth-order valence-corrected chi connectivity index (χ4v) is 1.83. The number of nitrogens with one attached hydrogen (secondary N) is 1. The Bertz CT molecular complexity index is 832. The minimum absolute atomic E-state index is 0.0531. The number of hydrogen-bond acceptors (Lipinski definition) is 6. The number of carbonyl (C=O) groups is 1. The van der Waals surface area contributed by atoms with Crippen molar-refractivity contribution in [2.45, 2.75) is 6.18 Å².